The maximum atomic E-state index is 12.2. The molecule has 7 heteroatoms. The number of amides is 1. The molecule has 2 aromatic carbocycles. The molecule has 0 bridgehead atoms. The predicted molar refractivity (Wildman–Crippen MR) is 101 cm³/mol. The van der Waals surface area contributed by atoms with Crippen LogP contribution in [0.1, 0.15) is 20.7 Å². The van der Waals surface area contributed by atoms with E-state index in [1.165, 1.54) is 12.3 Å². The zero-order valence-electron chi connectivity index (χ0n) is 13.3. The number of hydrogen-bond acceptors (Lipinski definition) is 4. The van der Waals surface area contributed by atoms with E-state index in [1.807, 2.05) is 0 Å². The van der Waals surface area contributed by atoms with Crippen molar-refractivity contribution in [1.82, 2.24) is 4.98 Å². The minimum absolute atomic E-state index is 0.307. The second-order valence-corrected chi connectivity index (χ2v) is 6.07. The van der Waals surface area contributed by atoms with Crippen LogP contribution >= 0.6 is 23.2 Å². The average molecular weight is 387 g/mol. The lowest BCUT2D eigenvalue weighted by molar-refractivity contribution is 0.102. The highest BCUT2D eigenvalue weighted by atomic mass is 35.5. The summed E-state index contributed by atoms with van der Waals surface area (Å²) in [6, 6.07) is 14.6. The van der Waals surface area contributed by atoms with Gasteiger partial charge in [-0.25, -0.2) is 4.98 Å². The molecule has 3 aromatic rings. The molecule has 3 rings (SSSR count). The van der Waals surface area contributed by atoms with Gasteiger partial charge in [0.1, 0.15) is 12.0 Å². The zero-order chi connectivity index (χ0) is 18.5. The van der Waals surface area contributed by atoms with Gasteiger partial charge in [-0.05, 0) is 48.5 Å². The van der Waals surface area contributed by atoms with Crippen LogP contribution in [0.5, 0.6) is 11.6 Å². The normalized spacial score (nSPS) is 10.2. The van der Waals surface area contributed by atoms with E-state index in [1.54, 1.807) is 48.5 Å². The van der Waals surface area contributed by atoms with E-state index in [0.717, 1.165) is 6.29 Å². The lowest BCUT2D eigenvalue weighted by Crippen LogP contribution is -2.12. The number of aldehydes is 1. The third kappa shape index (κ3) is 4.39. The molecule has 0 atom stereocenters. The first kappa shape index (κ1) is 17.9. The molecule has 0 unspecified atom stereocenters. The van der Waals surface area contributed by atoms with Crippen molar-refractivity contribution >= 4 is 41.1 Å². The molecule has 0 saturated heterocycles. The topological polar surface area (TPSA) is 68.3 Å². The highest BCUT2D eigenvalue weighted by Crippen LogP contribution is 2.24. The Morgan fingerprint density at radius 2 is 1.77 bits per heavy atom. The second-order valence-electron chi connectivity index (χ2n) is 5.26. The maximum absolute atomic E-state index is 12.2. The first-order chi connectivity index (χ1) is 12.5. The van der Waals surface area contributed by atoms with E-state index in [-0.39, 0.29) is 5.91 Å². The number of carbonyl (C=O) groups excluding carboxylic acids is 2. The van der Waals surface area contributed by atoms with Crippen molar-refractivity contribution in [2.24, 2.45) is 0 Å². The summed E-state index contributed by atoms with van der Waals surface area (Å²) in [6.45, 7) is 0. The van der Waals surface area contributed by atoms with Gasteiger partial charge in [-0.3, -0.25) is 9.59 Å². The minimum Gasteiger partial charge on any atom is -0.439 e. The van der Waals surface area contributed by atoms with Gasteiger partial charge >= 0.3 is 0 Å². The van der Waals surface area contributed by atoms with Gasteiger partial charge in [0.15, 0.2) is 0 Å². The fraction of sp³-hybridized carbons (Fsp3) is 0. The maximum Gasteiger partial charge on any atom is 0.255 e. The van der Waals surface area contributed by atoms with Crippen LogP contribution in [0, 0.1) is 0 Å². The van der Waals surface area contributed by atoms with Crippen molar-refractivity contribution in [3.8, 4) is 11.6 Å². The molecule has 130 valence electrons. The first-order valence-corrected chi connectivity index (χ1v) is 8.26. The highest BCUT2D eigenvalue weighted by Gasteiger charge is 2.09. The summed E-state index contributed by atoms with van der Waals surface area (Å²) in [5, 5.41) is 3.40. The Morgan fingerprint density at radius 3 is 2.38 bits per heavy atom. The molecular formula is C19H12Cl2N2O3. The number of pyridine rings is 1. The number of ether oxygens (including phenoxy) is 1. The van der Waals surface area contributed by atoms with Gasteiger partial charge in [-0.1, -0.05) is 23.2 Å². The molecule has 1 amide bonds. The number of aromatic nitrogens is 1. The van der Waals surface area contributed by atoms with E-state index in [0.29, 0.717) is 38.5 Å². The van der Waals surface area contributed by atoms with E-state index in [9.17, 15) is 9.59 Å². The Balaban J connectivity index is 1.65. The molecule has 0 spiro atoms. The molecule has 26 heavy (non-hydrogen) atoms. The Kier molecular flexibility index (Phi) is 5.51. The van der Waals surface area contributed by atoms with Crippen LogP contribution in [0.15, 0.2) is 60.8 Å². The van der Waals surface area contributed by atoms with Gasteiger partial charge in [0.05, 0.1) is 21.9 Å². The van der Waals surface area contributed by atoms with E-state index < -0.39 is 0 Å². The molecule has 1 N–H and O–H groups in total. The van der Waals surface area contributed by atoms with Crippen molar-refractivity contribution in [1.29, 1.82) is 0 Å². The van der Waals surface area contributed by atoms with Crippen LogP contribution in [-0.4, -0.2) is 17.2 Å². The number of nitrogens with one attached hydrogen (secondary N) is 1. The van der Waals surface area contributed by atoms with Crippen LogP contribution in [0.25, 0.3) is 0 Å². The third-order valence-corrected chi connectivity index (χ3v) is 4.15. The summed E-state index contributed by atoms with van der Waals surface area (Å²) in [5.41, 5.74) is 1.45. The fourth-order valence-corrected chi connectivity index (χ4v) is 2.39. The molecule has 0 radical (unpaired) electrons. The number of benzene rings is 2. The summed E-state index contributed by atoms with van der Waals surface area (Å²) >= 11 is 11.8. The molecule has 0 saturated carbocycles. The van der Waals surface area contributed by atoms with Crippen molar-refractivity contribution in [3.05, 3.63) is 82.0 Å². The Bertz CT molecular complexity index is 942. The molecule has 1 heterocycles. The van der Waals surface area contributed by atoms with Crippen LogP contribution < -0.4 is 10.1 Å². The van der Waals surface area contributed by atoms with Gasteiger partial charge in [0.2, 0.25) is 5.88 Å². The summed E-state index contributed by atoms with van der Waals surface area (Å²) in [6.07, 6.45) is 2.23. The first-order valence-electron chi connectivity index (χ1n) is 7.51. The Labute approximate surface area is 159 Å². The molecular weight excluding hydrogens is 375 g/mol. The smallest absolute Gasteiger partial charge is 0.255 e. The minimum atomic E-state index is -0.330. The van der Waals surface area contributed by atoms with Gasteiger partial charge in [0, 0.05) is 17.2 Å². The molecule has 0 aliphatic heterocycles. The lowest BCUT2D eigenvalue weighted by atomic mass is 10.2. The SMILES string of the molecule is O=Cc1ccc(Oc2ccc(NC(=O)c3ccc(Cl)c(Cl)c3)cn2)cc1. The number of hydrogen-bond donors (Lipinski definition) is 1. The standard InChI is InChI=1S/C19H12Cl2N2O3/c20-16-7-3-13(9-17(16)21)19(25)23-14-4-8-18(22-10-14)26-15-5-1-12(11-24)2-6-15/h1-11H,(H,23,25). The van der Waals surface area contributed by atoms with Crippen molar-refractivity contribution in [3.63, 3.8) is 0 Å². The van der Waals surface area contributed by atoms with E-state index >= 15 is 0 Å². The Hall–Kier alpha value is -2.89. The lowest BCUT2D eigenvalue weighted by Gasteiger charge is -2.08. The van der Waals surface area contributed by atoms with Crippen molar-refractivity contribution < 1.29 is 14.3 Å². The Morgan fingerprint density at radius 1 is 1.00 bits per heavy atom. The van der Waals surface area contributed by atoms with E-state index in [2.05, 4.69) is 10.3 Å². The van der Waals surface area contributed by atoms with Crippen LogP contribution in [0.4, 0.5) is 5.69 Å². The number of halogens is 2. The zero-order valence-corrected chi connectivity index (χ0v) is 14.8. The van der Waals surface area contributed by atoms with Crippen molar-refractivity contribution in [2.45, 2.75) is 0 Å². The molecule has 0 aliphatic carbocycles. The van der Waals surface area contributed by atoms with E-state index in [4.69, 9.17) is 27.9 Å². The molecule has 1 aromatic heterocycles. The number of anilines is 1. The van der Waals surface area contributed by atoms with Gasteiger partial charge < -0.3 is 10.1 Å². The number of rotatable bonds is 5. The largest absolute Gasteiger partial charge is 0.439 e. The average Bonchev–Trinajstić information content (AvgIpc) is 2.66. The summed E-state index contributed by atoms with van der Waals surface area (Å²) in [7, 11) is 0. The number of nitrogens with zero attached hydrogens (tertiary/aromatic N) is 1. The monoisotopic (exact) mass is 386 g/mol. The highest BCUT2D eigenvalue weighted by molar-refractivity contribution is 6.42. The summed E-state index contributed by atoms with van der Waals surface area (Å²) in [5.74, 6) is 0.579. The van der Waals surface area contributed by atoms with Crippen LogP contribution in [0.2, 0.25) is 10.0 Å². The van der Waals surface area contributed by atoms with Crippen LogP contribution in [-0.2, 0) is 0 Å². The third-order valence-electron chi connectivity index (χ3n) is 3.41. The van der Waals surface area contributed by atoms with Gasteiger partial charge in [0.25, 0.3) is 5.91 Å². The second kappa shape index (κ2) is 7.99. The fourth-order valence-electron chi connectivity index (χ4n) is 2.09. The quantitative estimate of drug-likeness (QED) is 0.608. The predicted octanol–water partition coefficient (Wildman–Crippen LogP) is 5.25. The van der Waals surface area contributed by atoms with Crippen LogP contribution in [0.3, 0.4) is 0 Å². The van der Waals surface area contributed by atoms with Gasteiger partial charge in [-0.15, -0.1) is 0 Å². The molecule has 0 aliphatic rings. The van der Waals surface area contributed by atoms with Crippen molar-refractivity contribution in [2.75, 3.05) is 5.32 Å². The summed E-state index contributed by atoms with van der Waals surface area (Å²) in [4.78, 5) is 27.0. The molecule has 5 nitrogen and oxygen atoms in total. The number of carbonyl (C=O) groups is 2. The van der Waals surface area contributed by atoms with Gasteiger partial charge in [-0.2, -0.15) is 0 Å². The molecule has 0 fully saturated rings. The summed E-state index contributed by atoms with van der Waals surface area (Å²) < 4.78 is 5.58.